The fourth-order valence-electron chi connectivity index (χ4n) is 2.90. The first-order chi connectivity index (χ1) is 9.94. The average molecular weight is 290 g/mol. The smallest absolute Gasteiger partial charge is 0.314 e. The molecular formula is C17H26N2O2. The lowest BCUT2D eigenvalue weighted by Gasteiger charge is -2.46. The van der Waals surface area contributed by atoms with Gasteiger partial charge in [-0.15, -0.1) is 0 Å². The van der Waals surface area contributed by atoms with Gasteiger partial charge < -0.3 is 4.74 Å². The number of esters is 1. The minimum absolute atomic E-state index is 0.135. The Morgan fingerprint density at radius 2 is 1.95 bits per heavy atom. The predicted molar refractivity (Wildman–Crippen MR) is 84.3 cm³/mol. The number of piperazine rings is 1. The Balaban J connectivity index is 2.11. The molecule has 2 rings (SSSR count). The number of nitrogens with zero attached hydrogens (tertiary/aromatic N) is 2. The second-order valence-corrected chi connectivity index (χ2v) is 6.46. The van der Waals surface area contributed by atoms with Crippen LogP contribution in [0.5, 0.6) is 0 Å². The summed E-state index contributed by atoms with van der Waals surface area (Å²) in [5.41, 5.74) is 1.16. The minimum Gasteiger partial charge on any atom is -0.469 e. The van der Waals surface area contributed by atoms with Gasteiger partial charge in [-0.2, -0.15) is 0 Å². The van der Waals surface area contributed by atoms with Crippen molar-refractivity contribution in [2.45, 2.75) is 25.3 Å². The van der Waals surface area contributed by atoms with E-state index in [0.29, 0.717) is 6.54 Å². The zero-order chi connectivity index (χ0) is 15.5. The summed E-state index contributed by atoms with van der Waals surface area (Å²) in [5, 5.41) is 0. The Morgan fingerprint density at radius 3 is 2.52 bits per heavy atom. The fraction of sp³-hybridized carbons (Fsp3) is 0.588. The van der Waals surface area contributed by atoms with Crippen molar-refractivity contribution in [3.8, 4) is 0 Å². The molecule has 1 aromatic rings. The van der Waals surface area contributed by atoms with E-state index in [1.54, 1.807) is 0 Å². The van der Waals surface area contributed by atoms with Crippen LogP contribution in [-0.4, -0.2) is 61.6 Å². The first-order valence-electron chi connectivity index (χ1n) is 7.50. The van der Waals surface area contributed by atoms with Crippen LogP contribution in [-0.2, 0) is 9.53 Å². The molecule has 0 saturated carbocycles. The minimum atomic E-state index is -0.213. The molecule has 0 N–H and O–H groups in total. The van der Waals surface area contributed by atoms with Crippen LogP contribution in [0.1, 0.15) is 25.3 Å². The van der Waals surface area contributed by atoms with Crippen LogP contribution >= 0.6 is 0 Å². The van der Waals surface area contributed by atoms with E-state index < -0.39 is 0 Å². The van der Waals surface area contributed by atoms with Gasteiger partial charge in [0.25, 0.3) is 0 Å². The Kier molecular flexibility index (Phi) is 5.01. The van der Waals surface area contributed by atoms with Crippen LogP contribution in [0.25, 0.3) is 0 Å². The number of methoxy groups -OCH3 is 1. The molecular weight excluding hydrogens is 264 g/mol. The van der Waals surface area contributed by atoms with E-state index >= 15 is 0 Å². The maximum atomic E-state index is 12.2. The summed E-state index contributed by atoms with van der Waals surface area (Å²) in [5.74, 6) is -0.367. The first kappa shape index (κ1) is 16.0. The summed E-state index contributed by atoms with van der Waals surface area (Å²) in [6.07, 6.45) is 0. The molecule has 1 heterocycles. The highest BCUT2D eigenvalue weighted by Gasteiger charge is 2.33. The van der Waals surface area contributed by atoms with Crippen molar-refractivity contribution in [1.29, 1.82) is 0 Å². The van der Waals surface area contributed by atoms with Crippen LogP contribution in [0, 0.1) is 0 Å². The van der Waals surface area contributed by atoms with Gasteiger partial charge in [-0.05, 0) is 26.5 Å². The number of carbonyl (C=O) groups is 1. The maximum Gasteiger partial charge on any atom is 0.314 e. The van der Waals surface area contributed by atoms with Crippen molar-refractivity contribution in [3.63, 3.8) is 0 Å². The number of hydrogen-bond acceptors (Lipinski definition) is 4. The highest BCUT2D eigenvalue weighted by molar-refractivity contribution is 5.78. The number of carbonyl (C=O) groups excluding carboxylic acids is 1. The van der Waals surface area contributed by atoms with Gasteiger partial charge in [0, 0.05) is 31.7 Å². The highest BCUT2D eigenvalue weighted by Crippen LogP contribution is 2.23. The van der Waals surface area contributed by atoms with Crippen molar-refractivity contribution in [3.05, 3.63) is 35.9 Å². The van der Waals surface area contributed by atoms with Crippen LogP contribution in [0.2, 0.25) is 0 Å². The second kappa shape index (κ2) is 6.58. The van der Waals surface area contributed by atoms with E-state index in [1.807, 2.05) is 30.3 Å². The molecule has 0 spiro atoms. The third-order valence-electron chi connectivity index (χ3n) is 4.52. The molecule has 116 valence electrons. The molecule has 0 aromatic heterocycles. The van der Waals surface area contributed by atoms with Crippen LogP contribution in [0.15, 0.2) is 30.3 Å². The normalized spacial score (nSPS) is 21.0. The zero-order valence-electron chi connectivity index (χ0n) is 13.5. The molecule has 1 fully saturated rings. The van der Waals surface area contributed by atoms with Crippen LogP contribution in [0.4, 0.5) is 0 Å². The third-order valence-corrected chi connectivity index (χ3v) is 4.52. The standard InChI is InChI=1S/C17H26N2O2/c1-17(2)13-19(11-10-18(17)3)12-15(16(20)21-4)14-8-6-5-7-9-14/h5-9,15H,10-13H2,1-4H3. The van der Waals surface area contributed by atoms with Crippen molar-refractivity contribution in [1.82, 2.24) is 9.80 Å². The van der Waals surface area contributed by atoms with Gasteiger partial charge in [-0.3, -0.25) is 14.6 Å². The van der Waals surface area contributed by atoms with Crippen molar-refractivity contribution in [2.75, 3.05) is 40.3 Å². The lowest BCUT2D eigenvalue weighted by atomic mass is 9.95. The molecule has 0 amide bonds. The molecule has 0 bridgehead atoms. The molecule has 1 atom stereocenters. The molecule has 0 radical (unpaired) electrons. The van der Waals surface area contributed by atoms with E-state index in [2.05, 4.69) is 30.7 Å². The number of likely N-dealkylation sites (N-methyl/N-ethyl adjacent to an activating group) is 1. The molecule has 4 heteroatoms. The van der Waals surface area contributed by atoms with Gasteiger partial charge in [0.15, 0.2) is 0 Å². The van der Waals surface area contributed by atoms with Crippen molar-refractivity contribution >= 4 is 5.97 Å². The lowest BCUT2D eigenvalue weighted by Crippen LogP contribution is -2.58. The summed E-state index contributed by atoms with van der Waals surface area (Å²) in [6.45, 7) is 8.18. The zero-order valence-corrected chi connectivity index (χ0v) is 13.5. The van der Waals surface area contributed by atoms with E-state index in [4.69, 9.17) is 4.74 Å². The average Bonchev–Trinajstić information content (AvgIpc) is 2.48. The highest BCUT2D eigenvalue weighted by atomic mass is 16.5. The molecule has 1 saturated heterocycles. The molecule has 1 aliphatic rings. The molecule has 1 aliphatic heterocycles. The van der Waals surface area contributed by atoms with Gasteiger partial charge in [0.05, 0.1) is 13.0 Å². The Morgan fingerprint density at radius 1 is 1.29 bits per heavy atom. The summed E-state index contributed by atoms with van der Waals surface area (Å²) in [4.78, 5) is 16.9. The van der Waals surface area contributed by atoms with Gasteiger partial charge in [-0.1, -0.05) is 30.3 Å². The number of benzene rings is 1. The summed E-state index contributed by atoms with van der Waals surface area (Å²) in [6, 6.07) is 9.92. The quantitative estimate of drug-likeness (QED) is 0.794. The molecule has 21 heavy (non-hydrogen) atoms. The number of hydrogen-bond donors (Lipinski definition) is 0. The summed E-state index contributed by atoms with van der Waals surface area (Å²) in [7, 11) is 3.62. The summed E-state index contributed by atoms with van der Waals surface area (Å²) >= 11 is 0. The predicted octanol–water partition coefficient (Wildman–Crippen LogP) is 1.97. The molecule has 1 aromatic carbocycles. The SMILES string of the molecule is COC(=O)C(CN1CCN(C)C(C)(C)C1)c1ccccc1. The Bertz CT molecular complexity index is 473. The first-order valence-corrected chi connectivity index (χ1v) is 7.50. The van der Waals surface area contributed by atoms with E-state index in [-0.39, 0.29) is 17.4 Å². The fourth-order valence-corrected chi connectivity index (χ4v) is 2.90. The van der Waals surface area contributed by atoms with E-state index in [0.717, 1.165) is 25.2 Å². The molecule has 4 nitrogen and oxygen atoms in total. The van der Waals surface area contributed by atoms with Crippen molar-refractivity contribution < 1.29 is 9.53 Å². The van der Waals surface area contributed by atoms with Gasteiger partial charge in [-0.25, -0.2) is 0 Å². The second-order valence-electron chi connectivity index (χ2n) is 6.46. The van der Waals surface area contributed by atoms with Gasteiger partial charge in [0.2, 0.25) is 0 Å². The Hall–Kier alpha value is -1.39. The Labute approximate surface area is 127 Å². The summed E-state index contributed by atoms with van der Waals surface area (Å²) < 4.78 is 5.01. The monoisotopic (exact) mass is 290 g/mol. The molecule has 1 unspecified atom stereocenters. The number of ether oxygens (including phenoxy) is 1. The van der Waals surface area contributed by atoms with Crippen LogP contribution in [0.3, 0.4) is 0 Å². The van der Waals surface area contributed by atoms with E-state index in [9.17, 15) is 4.79 Å². The lowest BCUT2D eigenvalue weighted by molar-refractivity contribution is -0.143. The molecule has 0 aliphatic carbocycles. The maximum absolute atomic E-state index is 12.2. The topological polar surface area (TPSA) is 32.8 Å². The van der Waals surface area contributed by atoms with Gasteiger partial charge >= 0.3 is 5.97 Å². The van der Waals surface area contributed by atoms with Gasteiger partial charge in [0.1, 0.15) is 0 Å². The largest absolute Gasteiger partial charge is 0.469 e. The van der Waals surface area contributed by atoms with Crippen LogP contribution < -0.4 is 0 Å². The third kappa shape index (κ3) is 3.83. The van der Waals surface area contributed by atoms with Crippen molar-refractivity contribution in [2.24, 2.45) is 0 Å². The number of rotatable bonds is 4. The van der Waals surface area contributed by atoms with E-state index in [1.165, 1.54) is 7.11 Å².